The second-order valence-electron chi connectivity index (χ2n) is 5.53. The van der Waals surface area contributed by atoms with Crippen LogP contribution in [0.2, 0.25) is 0 Å². The van der Waals surface area contributed by atoms with Crippen LogP contribution in [-0.2, 0) is 19.1 Å². The molecule has 0 saturated carbocycles. The zero-order chi connectivity index (χ0) is 13.9. The van der Waals surface area contributed by atoms with Gasteiger partial charge in [0.2, 0.25) is 0 Å². The number of carbonyl (C=O) groups excluding carboxylic acids is 2. The molecule has 0 N–H and O–H groups in total. The largest absolute Gasteiger partial charge is 0.466 e. The lowest BCUT2D eigenvalue weighted by Crippen LogP contribution is -2.51. The first-order chi connectivity index (χ1) is 9.07. The maximum atomic E-state index is 12.5. The van der Waals surface area contributed by atoms with E-state index in [0.717, 1.165) is 25.7 Å². The maximum Gasteiger partial charge on any atom is 0.310 e. The van der Waals surface area contributed by atoms with Gasteiger partial charge in [0.05, 0.1) is 12.5 Å². The van der Waals surface area contributed by atoms with Gasteiger partial charge in [-0.25, -0.2) is 0 Å². The van der Waals surface area contributed by atoms with E-state index >= 15 is 0 Å². The molecule has 2 fully saturated rings. The van der Waals surface area contributed by atoms with E-state index in [-0.39, 0.29) is 17.8 Å². The monoisotopic (exact) mass is 269 g/mol. The number of ether oxygens (including phenoxy) is 2. The summed E-state index contributed by atoms with van der Waals surface area (Å²) in [7, 11) is 0. The molecule has 5 nitrogen and oxygen atoms in total. The summed E-state index contributed by atoms with van der Waals surface area (Å²) in [5.74, 6) is -0.334. The van der Waals surface area contributed by atoms with Crippen molar-refractivity contribution in [3.8, 4) is 0 Å². The minimum Gasteiger partial charge on any atom is -0.466 e. The van der Waals surface area contributed by atoms with Crippen LogP contribution in [0, 0.1) is 5.92 Å². The number of amides is 1. The molecule has 0 aliphatic carbocycles. The zero-order valence-electron chi connectivity index (χ0n) is 11.8. The van der Waals surface area contributed by atoms with Crippen molar-refractivity contribution in [2.45, 2.75) is 45.1 Å². The molecule has 2 atom stereocenters. The molecule has 0 aromatic rings. The van der Waals surface area contributed by atoms with Gasteiger partial charge in [-0.2, -0.15) is 0 Å². The van der Waals surface area contributed by atoms with Crippen LogP contribution in [0.4, 0.5) is 0 Å². The van der Waals surface area contributed by atoms with Gasteiger partial charge >= 0.3 is 5.97 Å². The summed E-state index contributed by atoms with van der Waals surface area (Å²) in [6.45, 7) is 5.89. The van der Waals surface area contributed by atoms with Crippen LogP contribution >= 0.6 is 0 Å². The number of esters is 1. The molecule has 0 radical (unpaired) electrons. The van der Waals surface area contributed by atoms with Crippen molar-refractivity contribution in [3.63, 3.8) is 0 Å². The van der Waals surface area contributed by atoms with Gasteiger partial charge < -0.3 is 14.4 Å². The number of piperidine rings is 1. The maximum absolute atomic E-state index is 12.5. The summed E-state index contributed by atoms with van der Waals surface area (Å²) in [6.07, 6.45) is 3.36. The third kappa shape index (κ3) is 3.08. The summed E-state index contributed by atoms with van der Waals surface area (Å²) >= 11 is 0. The topological polar surface area (TPSA) is 55.8 Å². The van der Waals surface area contributed by atoms with Gasteiger partial charge in [-0.3, -0.25) is 9.59 Å². The Bertz CT molecular complexity index is 349. The zero-order valence-corrected chi connectivity index (χ0v) is 11.8. The molecule has 19 heavy (non-hydrogen) atoms. The summed E-state index contributed by atoms with van der Waals surface area (Å²) in [4.78, 5) is 26.0. The Kier molecular flexibility index (Phi) is 4.45. The SMILES string of the molecule is CCOC(=O)[C@@H]1CCCN(C(=O)C2(C)CCCO2)C1. The van der Waals surface area contributed by atoms with Crippen molar-refractivity contribution in [2.75, 3.05) is 26.3 Å². The molecule has 1 amide bonds. The first-order valence-corrected chi connectivity index (χ1v) is 7.17. The van der Waals surface area contributed by atoms with Gasteiger partial charge in [-0.1, -0.05) is 0 Å². The highest BCUT2D eigenvalue weighted by atomic mass is 16.5. The number of carbonyl (C=O) groups is 2. The average Bonchev–Trinajstić information content (AvgIpc) is 2.86. The Morgan fingerprint density at radius 1 is 1.42 bits per heavy atom. The summed E-state index contributed by atoms with van der Waals surface area (Å²) in [5.41, 5.74) is -0.684. The highest BCUT2D eigenvalue weighted by Gasteiger charge is 2.42. The molecule has 0 aromatic carbocycles. The van der Waals surface area contributed by atoms with Crippen molar-refractivity contribution in [2.24, 2.45) is 5.92 Å². The fourth-order valence-corrected chi connectivity index (χ4v) is 2.90. The molecule has 0 bridgehead atoms. The molecule has 2 saturated heterocycles. The molecular weight excluding hydrogens is 246 g/mol. The smallest absolute Gasteiger partial charge is 0.310 e. The Morgan fingerprint density at radius 3 is 2.84 bits per heavy atom. The third-order valence-electron chi connectivity index (χ3n) is 4.00. The van der Waals surface area contributed by atoms with Crippen molar-refractivity contribution < 1.29 is 19.1 Å². The van der Waals surface area contributed by atoms with Gasteiger partial charge in [0.15, 0.2) is 0 Å². The lowest BCUT2D eigenvalue weighted by molar-refractivity contribution is -0.157. The lowest BCUT2D eigenvalue weighted by Gasteiger charge is -2.36. The minimum atomic E-state index is -0.684. The average molecular weight is 269 g/mol. The second-order valence-corrected chi connectivity index (χ2v) is 5.53. The van der Waals surface area contributed by atoms with Crippen LogP contribution in [0.15, 0.2) is 0 Å². The molecule has 0 spiro atoms. The molecule has 108 valence electrons. The van der Waals surface area contributed by atoms with Gasteiger partial charge in [-0.15, -0.1) is 0 Å². The fraction of sp³-hybridized carbons (Fsp3) is 0.857. The van der Waals surface area contributed by atoms with Crippen LogP contribution in [-0.4, -0.2) is 48.7 Å². The number of likely N-dealkylation sites (tertiary alicyclic amines) is 1. The van der Waals surface area contributed by atoms with Crippen LogP contribution < -0.4 is 0 Å². The van der Waals surface area contributed by atoms with Gasteiger partial charge in [0.25, 0.3) is 5.91 Å². The predicted molar refractivity (Wildman–Crippen MR) is 69.5 cm³/mol. The summed E-state index contributed by atoms with van der Waals surface area (Å²) in [6, 6.07) is 0. The molecular formula is C14H23NO4. The van der Waals surface area contributed by atoms with Gasteiger partial charge in [-0.05, 0) is 39.5 Å². The van der Waals surface area contributed by atoms with Crippen molar-refractivity contribution in [1.29, 1.82) is 0 Å². The van der Waals surface area contributed by atoms with Crippen molar-refractivity contribution in [1.82, 2.24) is 4.90 Å². The highest BCUT2D eigenvalue weighted by molar-refractivity contribution is 5.86. The van der Waals surface area contributed by atoms with Crippen molar-refractivity contribution in [3.05, 3.63) is 0 Å². The highest BCUT2D eigenvalue weighted by Crippen LogP contribution is 2.29. The molecule has 2 aliphatic rings. The van der Waals surface area contributed by atoms with Crippen molar-refractivity contribution >= 4 is 11.9 Å². The predicted octanol–water partition coefficient (Wildman–Crippen LogP) is 1.36. The number of nitrogens with zero attached hydrogens (tertiary/aromatic N) is 1. The van der Waals surface area contributed by atoms with E-state index in [4.69, 9.17) is 9.47 Å². The van der Waals surface area contributed by atoms with E-state index in [9.17, 15) is 9.59 Å². The third-order valence-corrected chi connectivity index (χ3v) is 4.00. The van der Waals surface area contributed by atoms with Crippen LogP contribution in [0.5, 0.6) is 0 Å². The number of hydrogen-bond donors (Lipinski definition) is 0. The first kappa shape index (κ1) is 14.3. The van der Waals surface area contributed by atoms with E-state index in [1.165, 1.54) is 0 Å². The van der Waals surface area contributed by atoms with Crippen LogP contribution in [0.25, 0.3) is 0 Å². The Morgan fingerprint density at radius 2 is 2.21 bits per heavy atom. The van der Waals surface area contributed by atoms with E-state index < -0.39 is 5.60 Å². The molecule has 0 aromatic heterocycles. The number of hydrogen-bond acceptors (Lipinski definition) is 4. The molecule has 2 heterocycles. The lowest BCUT2D eigenvalue weighted by atomic mass is 9.94. The molecule has 2 rings (SSSR count). The van der Waals surface area contributed by atoms with E-state index in [1.54, 1.807) is 11.8 Å². The molecule has 1 unspecified atom stereocenters. The minimum absolute atomic E-state index is 0.0269. The fourth-order valence-electron chi connectivity index (χ4n) is 2.90. The standard InChI is InChI=1S/C14H23NO4/c1-3-18-12(16)11-6-4-8-15(10-11)13(17)14(2)7-5-9-19-14/h11H,3-10H2,1-2H3/t11-,14?/m1/s1. The molecule has 5 heteroatoms. The van der Waals surface area contributed by atoms with Gasteiger partial charge in [0, 0.05) is 19.7 Å². The molecule has 2 aliphatic heterocycles. The summed E-state index contributed by atoms with van der Waals surface area (Å²) < 4.78 is 10.6. The van der Waals surface area contributed by atoms with E-state index in [2.05, 4.69) is 0 Å². The quantitative estimate of drug-likeness (QED) is 0.726. The Labute approximate surface area is 114 Å². The normalized spacial score (nSPS) is 31.3. The first-order valence-electron chi connectivity index (χ1n) is 7.17. The Hall–Kier alpha value is -1.10. The number of rotatable bonds is 3. The van der Waals surface area contributed by atoms with Gasteiger partial charge in [0.1, 0.15) is 5.60 Å². The van der Waals surface area contributed by atoms with Crippen LogP contribution in [0.3, 0.4) is 0 Å². The Balaban J connectivity index is 1.97. The van der Waals surface area contributed by atoms with E-state index in [0.29, 0.717) is 26.3 Å². The summed E-state index contributed by atoms with van der Waals surface area (Å²) in [5, 5.41) is 0. The van der Waals surface area contributed by atoms with Crippen LogP contribution in [0.1, 0.15) is 39.5 Å². The second kappa shape index (κ2) is 5.90. The van der Waals surface area contributed by atoms with E-state index in [1.807, 2.05) is 6.92 Å².